The second kappa shape index (κ2) is 4.33. The molecule has 0 atom stereocenters. The zero-order valence-corrected chi connectivity index (χ0v) is 9.38. The van der Waals surface area contributed by atoms with Gasteiger partial charge in [0.15, 0.2) is 5.76 Å². The van der Waals surface area contributed by atoms with Crippen LogP contribution < -0.4 is 5.32 Å². The number of nitrogens with one attached hydrogen (secondary N) is 2. The van der Waals surface area contributed by atoms with E-state index in [4.69, 9.17) is 4.42 Å². The van der Waals surface area contributed by atoms with E-state index in [0.29, 0.717) is 11.4 Å². The molecular formula is C12H10N4O2. The van der Waals surface area contributed by atoms with E-state index in [1.807, 2.05) is 24.3 Å². The van der Waals surface area contributed by atoms with Crippen molar-refractivity contribution in [3.8, 4) is 0 Å². The lowest BCUT2D eigenvalue weighted by Crippen LogP contribution is -2.22. The van der Waals surface area contributed by atoms with Crippen molar-refractivity contribution in [1.82, 2.24) is 20.5 Å². The Morgan fingerprint density at radius 1 is 1.39 bits per heavy atom. The van der Waals surface area contributed by atoms with Crippen LogP contribution in [0.4, 0.5) is 0 Å². The van der Waals surface area contributed by atoms with E-state index in [2.05, 4.69) is 20.5 Å². The lowest BCUT2D eigenvalue weighted by atomic mass is 10.2. The first kappa shape index (κ1) is 10.5. The summed E-state index contributed by atoms with van der Waals surface area (Å²) in [4.78, 5) is 15.8. The molecule has 2 aromatic heterocycles. The summed E-state index contributed by atoms with van der Waals surface area (Å²) in [7, 11) is 0. The molecule has 0 bridgehead atoms. The Kier molecular flexibility index (Phi) is 2.53. The lowest BCUT2D eigenvalue weighted by molar-refractivity contribution is 0.0924. The number of carbonyl (C=O) groups excluding carboxylic acids is 1. The highest BCUT2D eigenvalue weighted by Gasteiger charge is 2.11. The zero-order valence-electron chi connectivity index (χ0n) is 9.38. The van der Waals surface area contributed by atoms with Crippen molar-refractivity contribution in [2.45, 2.75) is 6.54 Å². The first-order valence-corrected chi connectivity index (χ1v) is 5.44. The van der Waals surface area contributed by atoms with E-state index in [-0.39, 0.29) is 18.2 Å². The Balaban J connectivity index is 1.75. The number of aromatic amines is 1. The molecule has 1 aromatic carbocycles. The van der Waals surface area contributed by atoms with Crippen LogP contribution in [0.5, 0.6) is 0 Å². The Labute approximate surface area is 102 Å². The summed E-state index contributed by atoms with van der Waals surface area (Å²) in [6, 6.07) is 9.19. The molecule has 1 amide bonds. The summed E-state index contributed by atoms with van der Waals surface area (Å²) in [6.07, 6.45) is 1.39. The van der Waals surface area contributed by atoms with Crippen LogP contribution in [-0.2, 0) is 6.54 Å². The van der Waals surface area contributed by atoms with Crippen LogP contribution >= 0.6 is 0 Å². The second-order valence-electron chi connectivity index (χ2n) is 3.76. The largest absolute Gasteiger partial charge is 0.451 e. The molecule has 0 saturated heterocycles. The highest BCUT2D eigenvalue weighted by atomic mass is 16.3. The smallest absolute Gasteiger partial charge is 0.287 e. The molecule has 18 heavy (non-hydrogen) atoms. The minimum atomic E-state index is -0.275. The van der Waals surface area contributed by atoms with Crippen LogP contribution in [0.3, 0.4) is 0 Å². The van der Waals surface area contributed by atoms with Crippen LogP contribution in [0.25, 0.3) is 11.0 Å². The predicted molar refractivity (Wildman–Crippen MR) is 63.8 cm³/mol. The average molecular weight is 242 g/mol. The molecule has 3 rings (SSSR count). The summed E-state index contributed by atoms with van der Waals surface area (Å²) in [5.74, 6) is 0.609. The summed E-state index contributed by atoms with van der Waals surface area (Å²) >= 11 is 0. The molecule has 2 N–H and O–H groups in total. The molecule has 0 radical (unpaired) electrons. The van der Waals surface area contributed by atoms with Crippen LogP contribution in [0.2, 0.25) is 0 Å². The lowest BCUT2D eigenvalue weighted by Gasteiger charge is -1.98. The number of H-pyrrole nitrogens is 1. The van der Waals surface area contributed by atoms with Crippen molar-refractivity contribution in [3.05, 3.63) is 48.2 Å². The Bertz CT molecular complexity index is 639. The van der Waals surface area contributed by atoms with E-state index in [1.165, 1.54) is 6.33 Å². The molecular weight excluding hydrogens is 232 g/mol. The SMILES string of the molecule is O=C(NCc1ncn[nH]1)c1cc2ccccc2o1. The average Bonchev–Trinajstić information content (AvgIpc) is 3.04. The van der Waals surface area contributed by atoms with Crippen molar-refractivity contribution in [3.63, 3.8) is 0 Å². The summed E-state index contributed by atoms with van der Waals surface area (Å²) in [5, 5.41) is 9.96. The van der Waals surface area contributed by atoms with Gasteiger partial charge >= 0.3 is 0 Å². The molecule has 3 aromatic rings. The van der Waals surface area contributed by atoms with E-state index >= 15 is 0 Å². The number of aromatic nitrogens is 3. The minimum Gasteiger partial charge on any atom is -0.451 e. The highest BCUT2D eigenvalue weighted by molar-refractivity contribution is 5.95. The van der Waals surface area contributed by atoms with Crippen LogP contribution in [0, 0.1) is 0 Å². The van der Waals surface area contributed by atoms with E-state index in [1.54, 1.807) is 6.07 Å². The molecule has 0 aliphatic heterocycles. The predicted octanol–water partition coefficient (Wildman–Crippen LogP) is 1.48. The molecule has 0 spiro atoms. The number of hydrogen-bond donors (Lipinski definition) is 2. The fourth-order valence-electron chi connectivity index (χ4n) is 1.66. The Morgan fingerprint density at radius 3 is 3.06 bits per heavy atom. The third kappa shape index (κ3) is 1.95. The van der Waals surface area contributed by atoms with Crippen molar-refractivity contribution in [2.24, 2.45) is 0 Å². The molecule has 0 aliphatic carbocycles. The topological polar surface area (TPSA) is 83.8 Å². The number of benzene rings is 1. The van der Waals surface area contributed by atoms with E-state index in [9.17, 15) is 4.79 Å². The molecule has 6 nitrogen and oxygen atoms in total. The fourth-order valence-corrected chi connectivity index (χ4v) is 1.66. The summed E-state index contributed by atoms with van der Waals surface area (Å²) in [5.41, 5.74) is 0.697. The first-order valence-electron chi connectivity index (χ1n) is 5.44. The second-order valence-corrected chi connectivity index (χ2v) is 3.76. The van der Waals surface area contributed by atoms with Gasteiger partial charge in [-0.15, -0.1) is 0 Å². The highest BCUT2D eigenvalue weighted by Crippen LogP contribution is 2.18. The summed E-state index contributed by atoms with van der Waals surface area (Å²) < 4.78 is 5.44. The van der Waals surface area contributed by atoms with Gasteiger partial charge < -0.3 is 9.73 Å². The monoisotopic (exact) mass is 242 g/mol. The maximum Gasteiger partial charge on any atom is 0.287 e. The number of carbonyl (C=O) groups is 1. The molecule has 6 heteroatoms. The molecule has 0 fully saturated rings. The van der Waals surface area contributed by atoms with Gasteiger partial charge in [-0.3, -0.25) is 9.89 Å². The van der Waals surface area contributed by atoms with Gasteiger partial charge in [0.25, 0.3) is 5.91 Å². The zero-order chi connectivity index (χ0) is 12.4. The quantitative estimate of drug-likeness (QED) is 0.728. The minimum absolute atomic E-state index is 0.275. The molecule has 0 aliphatic rings. The molecule has 0 unspecified atom stereocenters. The molecule has 0 saturated carbocycles. The molecule has 2 heterocycles. The van der Waals surface area contributed by atoms with Gasteiger partial charge in [-0.05, 0) is 12.1 Å². The van der Waals surface area contributed by atoms with Gasteiger partial charge in [0, 0.05) is 5.39 Å². The van der Waals surface area contributed by atoms with E-state index < -0.39 is 0 Å². The summed E-state index contributed by atoms with van der Waals surface area (Å²) in [6.45, 7) is 0.288. The third-order valence-corrected chi connectivity index (χ3v) is 2.53. The maximum atomic E-state index is 11.8. The standard InChI is InChI=1S/C12H10N4O2/c17-12(13-6-11-14-7-15-16-11)10-5-8-3-1-2-4-9(8)18-10/h1-5,7H,6H2,(H,13,17)(H,14,15,16). The van der Waals surface area contributed by atoms with Crippen LogP contribution in [0.15, 0.2) is 41.1 Å². The number of hydrogen-bond acceptors (Lipinski definition) is 4. The van der Waals surface area contributed by atoms with Crippen molar-refractivity contribution >= 4 is 16.9 Å². The Hall–Kier alpha value is -2.63. The number of amides is 1. The van der Waals surface area contributed by atoms with Gasteiger partial charge in [-0.25, -0.2) is 4.98 Å². The maximum absolute atomic E-state index is 11.8. The van der Waals surface area contributed by atoms with Gasteiger partial charge in [-0.1, -0.05) is 18.2 Å². The number of nitrogens with zero attached hydrogens (tertiary/aromatic N) is 2. The third-order valence-electron chi connectivity index (χ3n) is 2.53. The van der Waals surface area contributed by atoms with Gasteiger partial charge in [0.2, 0.25) is 0 Å². The van der Waals surface area contributed by atoms with Crippen molar-refractivity contribution in [1.29, 1.82) is 0 Å². The normalized spacial score (nSPS) is 10.7. The van der Waals surface area contributed by atoms with Crippen LogP contribution in [0.1, 0.15) is 16.4 Å². The number of fused-ring (bicyclic) bond motifs is 1. The number of furan rings is 1. The van der Waals surface area contributed by atoms with Gasteiger partial charge in [0.05, 0.1) is 6.54 Å². The first-order chi connectivity index (χ1) is 8.83. The van der Waals surface area contributed by atoms with Crippen molar-refractivity contribution < 1.29 is 9.21 Å². The van der Waals surface area contributed by atoms with Crippen LogP contribution in [-0.4, -0.2) is 21.1 Å². The fraction of sp³-hybridized carbons (Fsp3) is 0.0833. The Morgan fingerprint density at radius 2 is 2.28 bits per heavy atom. The van der Waals surface area contributed by atoms with Gasteiger partial charge in [-0.2, -0.15) is 5.10 Å². The van der Waals surface area contributed by atoms with E-state index in [0.717, 1.165) is 5.39 Å². The van der Waals surface area contributed by atoms with Crippen molar-refractivity contribution in [2.75, 3.05) is 0 Å². The number of para-hydroxylation sites is 1. The van der Waals surface area contributed by atoms with Gasteiger partial charge in [0.1, 0.15) is 17.7 Å². The number of rotatable bonds is 3. The molecule has 90 valence electrons.